The standard InChI is InChI=1S/C12H22N2S/c1-5-7-13-10(3)9-11(4)14(8-6-2)12(13)15/h9-10H,5-8H2,1-4H3. The molecule has 86 valence electrons. The highest BCUT2D eigenvalue weighted by molar-refractivity contribution is 7.80. The van der Waals surface area contributed by atoms with Crippen LogP contribution < -0.4 is 0 Å². The van der Waals surface area contributed by atoms with Gasteiger partial charge in [-0.05, 0) is 45.0 Å². The molecule has 1 aliphatic rings. The van der Waals surface area contributed by atoms with Gasteiger partial charge in [-0.15, -0.1) is 0 Å². The number of thiocarbonyl (C=S) groups is 1. The van der Waals surface area contributed by atoms with Crippen LogP contribution in [0.2, 0.25) is 0 Å². The van der Waals surface area contributed by atoms with E-state index >= 15 is 0 Å². The lowest BCUT2D eigenvalue weighted by Gasteiger charge is -2.41. The molecule has 1 aliphatic heterocycles. The topological polar surface area (TPSA) is 6.48 Å². The van der Waals surface area contributed by atoms with Gasteiger partial charge in [-0.25, -0.2) is 0 Å². The fourth-order valence-electron chi connectivity index (χ4n) is 2.04. The van der Waals surface area contributed by atoms with E-state index in [1.165, 1.54) is 5.70 Å². The minimum atomic E-state index is 0.450. The minimum Gasteiger partial charge on any atom is -0.343 e. The first kappa shape index (κ1) is 12.5. The maximum atomic E-state index is 5.54. The van der Waals surface area contributed by atoms with Gasteiger partial charge in [0, 0.05) is 24.8 Å². The van der Waals surface area contributed by atoms with Gasteiger partial charge < -0.3 is 9.80 Å². The number of hydrogen-bond donors (Lipinski definition) is 0. The van der Waals surface area contributed by atoms with E-state index in [0.717, 1.165) is 31.0 Å². The lowest BCUT2D eigenvalue weighted by atomic mass is 10.1. The van der Waals surface area contributed by atoms with E-state index < -0.39 is 0 Å². The average Bonchev–Trinajstić information content (AvgIpc) is 2.19. The highest BCUT2D eigenvalue weighted by Gasteiger charge is 2.25. The van der Waals surface area contributed by atoms with Crippen molar-refractivity contribution in [3.05, 3.63) is 11.8 Å². The Morgan fingerprint density at radius 3 is 2.40 bits per heavy atom. The van der Waals surface area contributed by atoms with Crippen LogP contribution in [0.5, 0.6) is 0 Å². The van der Waals surface area contributed by atoms with Crippen LogP contribution >= 0.6 is 12.2 Å². The lowest BCUT2D eigenvalue weighted by molar-refractivity contribution is 0.304. The van der Waals surface area contributed by atoms with Gasteiger partial charge >= 0.3 is 0 Å². The second-order valence-corrected chi connectivity index (χ2v) is 4.54. The number of hydrogen-bond acceptors (Lipinski definition) is 1. The zero-order chi connectivity index (χ0) is 11.4. The molecule has 0 spiro atoms. The molecule has 0 fully saturated rings. The van der Waals surface area contributed by atoms with Crippen molar-refractivity contribution in [3.8, 4) is 0 Å². The third-order valence-electron chi connectivity index (χ3n) is 2.79. The number of rotatable bonds is 4. The van der Waals surface area contributed by atoms with Crippen LogP contribution in [0, 0.1) is 0 Å². The zero-order valence-electron chi connectivity index (χ0n) is 10.3. The highest BCUT2D eigenvalue weighted by atomic mass is 32.1. The SMILES string of the molecule is CCCN1C(=S)N(CCC)C(C)C=C1C. The van der Waals surface area contributed by atoms with E-state index in [1.807, 2.05) is 0 Å². The Labute approximate surface area is 98.9 Å². The quantitative estimate of drug-likeness (QED) is 0.680. The van der Waals surface area contributed by atoms with Crippen molar-refractivity contribution in [1.29, 1.82) is 0 Å². The van der Waals surface area contributed by atoms with E-state index in [-0.39, 0.29) is 0 Å². The molecule has 0 aromatic rings. The van der Waals surface area contributed by atoms with Crippen LogP contribution in [0.15, 0.2) is 11.8 Å². The summed E-state index contributed by atoms with van der Waals surface area (Å²) in [5.41, 5.74) is 1.31. The zero-order valence-corrected chi connectivity index (χ0v) is 11.1. The maximum Gasteiger partial charge on any atom is 0.176 e. The van der Waals surface area contributed by atoms with Crippen molar-refractivity contribution in [3.63, 3.8) is 0 Å². The minimum absolute atomic E-state index is 0.450. The summed E-state index contributed by atoms with van der Waals surface area (Å²) in [6.07, 6.45) is 4.60. The van der Waals surface area contributed by atoms with E-state index in [0.29, 0.717) is 6.04 Å². The van der Waals surface area contributed by atoms with Crippen molar-refractivity contribution in [2.24, 2.45) is 0 Å². The third kappa shape index (κ3) is 2.71. The largest absolute Gasteiger partial charge is 0.343 e. The first-order valence-corrected chi connectivity index (χ1v) is 6.29. The Hall–Kier alpha value is -0.570. The molecule has 2 nitrogen and oxygen atoms in total. The molecule has 0 saturated carbocycles. The van der Waals surface area contributed by atoms with E-state index in [1.54, 1.807) is 0 Å². The molecule has 0 aromatic carbocycles. The normalized spacial score (nSPS) is 22.0. The molecule has 15 heavy (non-hydrogen) atoms. The van der Waals surface area contributed by atoms with Crippen LogP contribution in [0.3, 0.4) is 0 Å². The van der Waals surface area contributed by atoms with Gasteiger partial charge in [0.25, 0.3) is 0 Å². The molecular formula is C12H22N2S. The molecule has 1 unspecified atom stereocenters. The summed E-state index contributed by atoms with van der Waals surface area (Å²) < 4.78 is 0. The molecule has 0 aliphatic carbocycles. The smallest absolute Gasteiger partial charge is 0.176 e. The lowest BCUT2D eigenvalue weighted by Crippen LogP contribution is -2.50. The van der Waals surface area contributed by atoms with Gasteiger partial charge in [0.15, 0.2) is 5.11 Å². The van der Waals surface area contributed by atoms with E-state index in [4.69, 9.17) is 12.2 Å². The van der Waals surface area contributed by atoms with E-state index in [2.05, 4.69) is 43.6 Å². The van der Waals surface area contributed by atoms with Crippen LogP contribution in [-0.2, 0) is 0 Å². The summed E-state index contributed by atoms with van der Waals surface area (Å²) in [4.78, 5) is 4.57. The van der Waals surface area contributed by atoms with Crippen molar-refractivity contribution in [2.75, 3.05) is 13.1 Å². The Morgan fingerprint density at radius 2 is 1.87 bits per heavy atom. The van der Waals surface area contributed by atoms with Crippen molar-refractivity contribution >= 4 is 17.3 Å². The van der Waals surface area contributed by atoms with Crippen LogP contribution in [-0.4, -0.2) is 34.0 Å². The summed E-state index contributed by atoms with van der Waals surface area (Å²) in [6, 6.07) is 0.450. The van der Waals surface area contributed by atoms with Crippen molar-refractivity contribution in [1.82, 2.24) is 9.80 Å². The summed E-state index contributed by atoms with van der Waals surface area (Å²) in [7, 11) is 0. The highest BCUT2D eigenvalue weighted by Crippen LogP contribution is 2.20. The number of allylic oxidation sites excluding steroid dienone is 1. The molecule has 0 bridgehead atoms. The number of nitrogens with zero attached hydrogens (tertiary/aromatic N) is 2. The third-order valence-corrected chi connectivity index (χ3v) is 3.24. The summed E-state index contributed by atoms with van der Waals surface area (Å²) in [6.45, 7) is 10.9. The maximum absolute atomic E-state index is 5.54. The first-order chi connectivity index (χ1) is 7.11. The molecular weight excluding hydrogens is 204 g/mol. The fourth-order valence-corrected chi connectivity index (χ4v) is 2.54. The molecule has 0 radical (unpaired) electrons. The molecule has 1 atom stereocenters. The Kier molecular flexibility index (Phi) is 4.58. The van der Waals surface area contributed by atoms with Gasteiger partial charge in [0.05, 0.1) is 0 Å². The second kappa shape index (κ2) is 5.50. The van der Waals surface area contributed by atoms with Crippen LogP contribution in [0.25, 0.3) is 0 Å². The molecule has 1 rings (SSSR count). The van der Waals surface area contributed by atoms with Gasteiger partial charge in [-0.1, -0.05) is 13.8 Å². The van der Waals surface area contributed by atoms with Crippen molar-refractivity contribution in [2.45, 2.75) is 46.6 Å². The first-order valence-electron chi connectivity index (χ1n) is 5.88. The van der Waals surface area contributed by atoms with Crippen LogP contribution in [0.4, 0.5) is 0 Å². The van der Waals surface area contributed by atoms with Gasteiger partial charge in [0.2, 0.25) is 0 Å². The molecule has 3 heteroatoms. The molecule has 0 N–H and O–H groups in total. The molecule has 0 saturated heterocycles. The van der Waals surface area contributed by atoms with E-state index in [9.17, 15) is 0 Å². The molecule has 0 amide bonds. The molecule has 0 aromatic heterocycles. The second-order valence-electron chi connectivity index (χ2n) is 4.18. The Morgan fingerprint density at radius 1 is 1.27 bits per heavy atom. The van der Waals surface area contributed by atoms with Gasteiger partial charge in [0.1, 0.15) is 0 Å². The fraction of sp³-hybridized carbons (Fsp3) is 0.750. The van der Waals surface area contributed by atoms with Gasteiger partial charge in [-0.3, -0.25) is 0 Å². The van der Waals surface area contributed by atoms with Gasteiger partial charge in [-0.2, -0.15) is 0 Å². The Bertz CT molecular complexity index is 260. The summed E-state index contributed by atoms with van der Waals surface area (Å²) in [5, 5.41) is 1.01. The predicted octanol–water partition coefficient (Wildman–Crippen LogP) is 3.00. The average molecular weight is 226 g/mol. The van der Waals surface area contributed by atoms with Crippen molar-refractivity contribution < 1.29 is 0 Å². The molecule has 1 heterocycles. The predicted molar refractivity (Wildman–Crippen MR) is 69.8 cm³/mol. The monoisotopic (exact) mass is 226 g/mol. The summed E-state index contributed by atoms with van der Waals surface area (Å²) >= 11 is 5.54. The summed E-state index contributed by atoms with van der Waals surface area (Å²) in [5.74, 6) is 0. The Balaban J connectivity index is 2.83. The van der Waals surface area contributed by atoms with Crippen LogP contribution in [0.1, 0.15) is 40.5 Å².